The molecule has 2 heterocycles. The van der Waals surface area contributed by atoms with E-state index < -0.39 is 12.0 Å². The van der Waals surface area contributed by atoms with Crippen molar-refractivity contribution in [1.29, 1.82) is 0 Å². The summed E-state index contributed by atoms with van der Waals surface area (Å²) in [5.41, 5.74) is 2.28. The molecule has 3 aromatic rings. The van der Waals surface area contributed by atoms with Crippen molar-refractivity contribution < 1.29 is 9.53 Å². The van der Waals surface area contributed by atoms with Gasteiger partial charge in [0.2, 0.25) is 0 Å². The third-order valence-corrected chi connectivity index (χ3v) is 5.47. The van der Waals surface area contributed by atoms with Crippen LogP contribution in [0.3, 0.4) is 0 Å². The van der Waals surface area contributed by atoms with E-state index in [2.05, 4.69) is 10.3 Å². The molecule has 1 atom stereocenters. The molecular formula is C23H22ClN3O3. The summed E-state index contributed by atoms with van der Waals surface area (Å²) in [4.78, 5) is 29.9. The Morgan fingerprint density at radius 1 is 1.10 bits per heavy atom. The second-order valence-corrected chi connectivity index (χ2v) is 7.54. The number of nitrogens with one attached hydrogen (secondary N) is 1. The summed E-state index contributed by atoms with van der Waals surface area (Å²) in [7, 11) is 0. The van der Waals surface area contributed by atoms with E-state index in [0.717, 1.165) is 17.5 Å². The van der Waals surface area contributed by atoms with Crippen molar-refractivity contribution in [2.45, 2.75) is 31.9 Å². The molecule has 0 bridgehead atoms. The Bertz CT molecular complexity index is 1080. The highest BCUT2D eigenvalue weighted by molar-refractivity contribution is 6.30. The third kappa shape index (κ3) is 4.39. The number of rotatable bonds is 7. The Hall–Kier alpha value is -3.12. The van der Waals surface area contributed by atoms with Gasteiger partial charge in [-0.25, -0.2) is 9.78 Å². The van der Waals surface area contributed by atoms with Crippen molar-refractivity contribution in [1.82, 2.24) is 9.55 Å². The summed E-state index contributed by atoms with van der Waals surface area (Å²) in [6.45, 7) is 0.701. The normalized spacial score (nSPS) is 14.9. The van der Waals surface area contributed by atoms with Crippen LogP contribution in [0.5, 0.6) is 0 Å². The predicted octanol–water partition coefficient (Wildman–Crippen LogP) is 3.78. The third-order valence-electron chi connectivity index (χ3n) is 5.17. The number of fused-ring (bicyclic) bond motifs is 1. The maximum atomic E-state index is 13.0. The lowest BCUT2D eigenvalue weighted by molar-refractivity contribution is -0.148. The van der Waals surface area contributed by atoms with E-state index in [-0.39, 0.29) is 23.1 Å². The molecule has 1 aromatic heterocycles. The van der Waals surface area contributed by atoms with Crippen LogP contribution in [-0.4, -0.2) is 22.1 Å². The highest BCUT2D eigenvalue weighted by Crippen LogP contribution is 2.29. The maximum absolute atomic E-state index is 13.0. The number of hydrogen-bond acceptors (Lipinski definition) is 5. The van der Waals surface area contributed by atoms with Gasteiger partial charge in [0.1, 0.15) is 12.6 Å². The number of carbonyl (C=O) groups excluding carboxylic acids is 1. The first kappa shape index (κ1) is 20.2. The van der Waals surface area contributed by atoms with Crippen LogP contribution in [0.25, 0.3) is 0 Å². The SMILES string of the molecule is O=C(OCc1ccccc1)[C@@H]1CCc2c(Cl)nc(NCCc3ccccc3)c(=O)n21. The first-order valence-corrected chi connectivity index (χ1v) is 10.3. The second kappa shape index (κ2) is 9.13. The van der Waals surface area contributed by atoms with Crippen molar-refractivity contribution >= 4 is 23.4 Å². The molecule has 0 fully saturated rings. The van der Waals surface area contributed by atoms with E-state index in [0.29, 0.717) is 25.1 Å². The zero-order valence-electron chi connectivity index (χ0n) is 16.4. The molecule has 0 unspecified atom stereocenters. The van der Waals surface area contributed by atoms with E-state index in [1.54, 1.807) is 0 Å². The minimum absolute atomic E-state index is 0.155. The van der Waals surface area contributed by atoms with Gasteiger partial charge in [-0.05, 0) is 30.4 Å². The lowest BCUT2D eigenvalue weighted by atomic mass is 10.1. The van der Waals surface area contributed by atoms with Crippen molar-refractivity contribution in [2.75, 3.05) is 11.9 Å². The van der Waals surface area contributed by atoms with Gasteiger partial charge in [-0.3, -0.25) is 9.36 Å². The number of esters is 1. The summed E-state index contributed by atoms with van der Waals surface area (Å²) in [5.74, 6) is -0.278. The second-order valence-electron chi connectivity index (χ2n) is 7.18. The predicted molar refractivity (Wildman–Crippen MR) is 116 cm³/mol. The number of hydrogen-bond donors (Lipinski definition) is 1. The summed E-state index contributed by atoms with van der Waals surface area (Å²) in [6.07, 6.45) is 1.72. The zero-order valence-corrected chi connectivity index (χ0v) is 17.1. The Labute approximate surface area is 179 Å². The van der Waals surface area contributed by atoms with E-state index in [1.807, 2.05) is 60.7 Å². The number of anilines is 1. The van der Waals surface area contributed by atoms with Gasteiger partial charge in [0.25, 0.3) is 5.56 Å². The van der Waals surface area contributed by atoms with Crippen LogP contribution in [0.2, 0.25) is 5.15 Å². The molecule has 0 amide bonds. The van der Waals surface area contributed by atoms with Gasteiger partial charge in [-0.1, -0.05) is 72.3 Å². The molecule has 0 saturated carbocycles. The van der Waals surface area contributed by atoms with Crippen molar-refractivity contribution in [2.24, 2.45) is 0 Å². The zero-order chi connectivity index (χ0) is 20.9. The highest BCUT2D eigenvalue weighted by Gasteiger charge is 2.33. The van der Waals surface area contributed by atoms with E-state index >= 15 is 0 Å². The molecule has 30 heavy (non-hydrogen) atoms. The molecule has 0 aliphatic carbocycles. The fraction of sp³-hybridized carbons (Fsp3) is 0.261. The molecule has 7 heteroatoms. The Kier molecular flexibility index (Phi) is 6.14. The van der Waals surface area contributed by atoms with Crippen molar-refractivity contribution in [3.05, 3.63) is 93.0 Å². The lowest BCUT2D eigenvalue weighted by Crippen LogP contribution is -2.32. The highest BCUT2D eigenvalue weighted by atomic mass is 35.5. The first-order valence-electron chi connectivity index (χ1n) is 9.93. The summed E-state index contributed by atoms with van der Waals surface area (Å²) in [6, 6.07) is 18.7. The number of aromatic nitrogens is 2. The molecule has 154 valence electrons. The molecule has 4 rings (SSSR count). The fourth-order valence-electron chi connectivity index (χ4n) is 3.64. The fourth-order valence-corrected chi connectivity index (χ4v) is 3.91. The maximum Gasteiger partial charge on any atom is 0.329 e. The minimum Gasteiger partial charge on any atom is -0.459 e. The molecule has 6 nitrogen and oxygen atoms in total. The number of nitrogens with zero attached hydrogens (tertiary/aromatic N) is 2. The average molecular weight is 424 g/mol. The standard InChI is InChI=1S/C23H22ClN3O3/c24-20-18-11-12-19(23(29)30-15-17-9-5-2-6-10-17)27(18)22(28)21(26-20)25-14-13-16-7-3-1-4-8-16/h1-10,19H,11-15H2,(H,25,26)/t19-/m0/s1. The topological polar surface area (TPSA) is 73.2 Å². The average Bonchev–Trinajstić information content (AvgIpc) is 3.23. The van der Waals surface area contributed by atoms with Crippen LogP contribution in [0.1, 0.15) is 29.3 Å². The summed E-state index contributed by atoms with van der Waals surface area (Å²) in [5, 5.41) is 3.31. The van der Waals surface area contributed by atoms with Crippen molar-refractivity contribution in [3.8, 4) is 0 Å². The monoisotopic (exact) mass is 423 g/mol. The molecule has 1 aliphatic rings. The number of halogens is 1. The van der Waals surface area contributed by atoms with Gasteiger partial charge in [0, 0.05) is 6.54 Å². The smallest absolute Gasteiger partial charge is 0.329 e. The van der Waals surface area contributed by atoms with Gasteiger partial charge in [0.15, 0.2) is 11.0 Å². The van der Waals surface area contributed by atoms with Crippen LogP contribution in [0, 0.1) is 0 Å². The Morgan fingerprint density at radius 3 is 2.47 bits per heavy atom. The number of carbonyl (C=O) groups is 1. The molecular weight excluding hydrogens is 402 g/mol. The molecule has 0 spiro atoms. The van der Waals surface area contributed by atoms with Gasteiger partial charge in [-0.2, -0.15) is 0 Å². The molecule has 1 N–H and O–H groups in total. The van der Waals surface area contributed by atoms with E-state index in [4.69, 9.17) is 16.3 Å². The van der Waals surface area contributed by atoms with Crippen molar-refractivity contribution in [3.63, 3.8) is 0 Å². The lowest BCUT2D eigenvalue weighted by Gasteiger charge is -2.16. The summed E-state index contributed by atoms with van der Waals surface area (Å²) >= 11 is 6.32. The van der Waals surface area contributed by atoms with Gasteiger partial charge in [0.05, 0.1) is 5.69 Å². The number of ether oxygens (including phenoxy) is 1. The van der Waals surface area contributed by atoms with Crippen LogP contribution < -0.4 is 10.9 Å². The molecule has 2 aromatic carbocycles. The van der Waals surface area contributed by atoms with E-state index in [9.17, 15) is 9.59 Å². The van der Waals surface area contributed by atoms with Gasteiger partial charge in [-0.15, -0.1) is 0 Å². The van der Waals surface area contributed by atoms with Crippen LogP contribution in [0.15, 0.2) is 65.5 Å². The van der Waals surface area contributed by atoms with Crippen LogP contribution in [-0.2, 0) is 29.0 Å². The van der Waals surface area contributed by atoms with Crippen LogP contribution >= 0.6 is 11.6 Å². The molecule has 0 saturated heterocycles. The quantitative estimate of drug-likeness (QED) is 0.585. The van der Waals surface area contributed by atoms with E-state index in [1.165, 1.54) is 4.57 Å². The first-order chi connectivity index (χ1) is 14.6. The largest absolute Gasteiger partial charge is 0.459 e. The molecule has 0 radical (unpaired) electrons. The molecule has 1 aliphatic heterocycles. The van der Waals surface area contributed by atoms with Crippen LogP contribution in [0.4, 0.5) is 5.82 Å². The summed E-state index contributed by atoms with van der Waals surface area (Å²) < 4.78 is 6.90. The Balaban J connectivity index is 1.48. The van der Waals surface area contributed by atoms with Gasteiger partial charge < -0.3 is 10.1 Å². The number of benzene rings is 2. The van der Waals surface area contributed by atoms with Gasteiger partial charge >= 0.3 is 5.97 Å². The Morgan fingerprint density at radius 2 is 1.77 bits per heavy atom. The minimum atomic E-state index is -0.689.